The zero-order valence-corrected chi connectivity index (χ0v) is 25.7. The quantitative estimate of drug-likeness (QED) is 0.0439. The van der Waals surface area contributed by atoms with Gasteiger partial charge in [-0.05, 0) is 25.7 Å². The number of ether oxygens (including phenoxy) is 2. The molecule has 0 aromatic heterocycles. The van der Waals surface area contributed by atoms with Crippen LogP contribution in [0.25, 0.3) is 0 Å². The van der Waals surface area contributed by atoms with Crippen molar-refractivity contribution in [2.45, 2.75) is 144 Å². The fraction of sp³-hybridized carbons (Fsp3) is 0.926. The van der Waals surface area contributed by atoms with Crippen LogP contribution in [0.3, 0.4) is 0 Å². The molecular formula is C27H50I2O4. The van der Waals surface area contributed by atoms with Crippen molar-refractivity contribution >= 4 is 57.1 Å². The largest absolute Gasteiger partial charge is 0.465 e. The lowest BCUT2D eigenvalue weighted by Crippen LogP contribution is -2.16. The van der Waals surface area contributed by atoms with Crippen molar-refractivity contribution < 1.29 is 19.1 Å². The Morgan fingerprint density at radius 3 is 0.909 bits per heavy atom. The summed E-state index contributed by atoms with van der Waals surface area (Å²) in [5.74, 6) is -0.0994. The number of rotatable bonds is 24. The maximum absolute atomic E-state index is 11.6. The second kappa shape index (κ2) is 25.5. The lowest BCUT2D eigenvalue weighted by molar-refractivity contribution is -0.143. The van der Waals surface area contributed by atoms with Crippen molar-refractivity contribution in [3.8, 4) is 0 Å². The monoisotopic (exact) mass is 692 g/mol. The van der Waals surface area contributed by atoms with Gasteiger partial charge in [0, 0.05) is 0 Å². The molecule has 0 aromatic rings. The van der Waals surface area contributed by atoms with Crippen LogP contribution in [0.4, 0.5) is 0 Å². The lowest BCUT2D eigenvalue weighted by Gasteiger charge is -2.08. The van der Waals surface area contributed by atoms with Gasteiger partial charge in [0.25, 0.3) is 0 Å². The molecule has 0 amide bonds. The van der Waals surface area contributed by atoms with Gasteiger partial charge in [-0.2, -0.15) is 0 Å². The first-order valence-corrected chi connectivity index (χ1v) is 16.1. The smallest absolute Gasteiger partial charge is 0.318 e. The number of halogens is 2. The van der Waals surface area contributed by atoms with Crippen LogP contribution in [0.1, 0.15) is 136 Å². The molecule has 0 aliphatic rings. The fourth-order valence-corrected chi connectivity index (χ4v) is 4.08. The second-order valence-electron chi connectivity index (χ2n) is 9.10. The molecule has 4 nitrogen and oxygen atoms in total. The summed E-state index contributed by atoms with van der Waals surface area (Å²) >= 11 is 4.31. The number of hydrogen-bond donors (Lipinski definition) is 0. The number of hydrogen-bond acceptors (Lipinski definition) is 4. The van der Waals surface area contributed by atoms with E-state index in [0.29, 0.717) is 13.2 Å². The molecular weight excluding hydrogens is 642 g/mol. The van der Waals surface area contributed by atoms with Crippen molar-refractivity contribution in [3.63, 3.8) is 0 Å². The lowest BCUT2D eigenvalue weighted by atomic mass is 10.0. The normalized spacial score (nSPS) is 13.0. The maximum Gasteiger partial charge on any atom is 0.318 e. The Kier molecular flexibility index (Phi) is 25.8. The highest BCUT2D eigenvalue weighted by molar-refractivity contribution is 14.1. The van der Waals surface area contributed by atoms with Crippen molar-refractivity contribution in [2.24, 2.45) is 0 Å². The molecule has 0 spiro atoms. The van der Waals surface area contributed by atoms with E-state index in [1.54, 1.807) is 0 Å². The first-order chi connectivity index (χ1) is 16.0. The van der Waals surface area contributed by atoms with Crippen LogP contribution in [-0.4, -0.2) is 33.0 Å². The third kappa shape index (κ3) is 22.6. The van der Waals surface area contributed by atoms with Gasteiger partial charge in [0.05, 0.1) is 13.2 Å². The number of carbonyl (C=O) groups is 2. The van der Waals surface area contributed by atoms with E-state index >= 15 is 0 Å². The molecule has 0 saturated heterocycles. The van der Waals surface area contributed by atoms with Crippen LogP contribution in [0.2, 0.25) is 0 Å². The van der Waals surface area contributed by atoms with Crippen molar-refractivity contribution in [3.05, 3.63) is 0 Å². The minimum Gasteiger partial charge on any atom is -0.465 e. The standard InChI is InChI=1S/C27H50I2O4/c1-3-24(28)26(30)32-22-20-18-16-14-12-10-8-6-5-7-9-11-13-15-17-19-21-23-33-27(31)25(29)4-2/h24-25H,3-23H2,1-2H3. The molecule has 0 radical (unpaired) electrons. The third-order valence-electron chi connectivity index (χ3n) is 6.01. The summed E-state index contributed by atoms with van der Waals surface area (Å²) in [6, 6.07) is 0. The Hall–Kier alpha value is 0.400. The second-order valence-corrected chi connectivity index (χ2v) is 12.1. The van der Waals surface area contributed by atoms with Crippen molar-refractivity contribution in [2.75, 3.05) is 13.2 Å². The van der Waals surface area contributed by atoms with Crippen molar-refractivity contribution in [1.29, 1.82) is 0 Å². The Morgan fingerprint density at radius 2 is 0.697 bits per heavy atom. The van der Waals surface area contributed by atoms with Crippen LogP contribution in [0, 0.1) is 0 Å². The first kappa shape index (κ1) is 33.4. The summed E-state index contributed by atoms with van der Waals surface area (Å²) in [5, 5.41) is 0. The minimum atomic E-state index is -0.0497. The van der Waals surface area contributed by atoms with Gasteiger partial charge in [-0.1, -0.05) is 155 Å². The van der Waals surface area contributed by atoms with Crippen LogP contribution in [-0.2, 0) is 19.1 Å². The van der Waals surface area contributed by atoms with Gasteiger partial charge in [0.1, 0.15) is 7.85 Å². The van der Waals surface area contributed by atoms with Gasteiger partial charge >= 0.3 is 11.9 Å². The molecule has 0 heterocycles. The SMILES string of the molecule is CCC(I)C(=O)OCCCCCCCCCCCCCCCCCCCOC(=O)C(I)CC. The molecule has 0 bridgehead atoms. The molecule has 2 unspecified atom stereocenters. The van der Waals surface area contributed by atoms with E-state index < -0.39 is 0 Å². The van der Waals surface area contributed by atoms with E-state index in [-0.39, 0.29) is 19.8 Å². The summed E-state index contributed by atoms with van der Waals surface area (Å²) in [6.45, 7) is 5.21. The minimum absolute atomic E-state index is 0.0113. The summed E-state index contributed by atoms with van der Waals surface area (Å²) in [6.07, 6.45) is 23.6. The average molecular weight is 693 g/mol. The molecule has 2 atom stereocenters. The molecule has 6 heteroatoms. The predicted octanol–water partition coefficient (Wildman–Crippen LogP) is 9.13. The third-order valence-corrected chi connectivity index (χ3v) is 8.78. The van der Waals surface area contributed by atoms with E-state index in [9.17, 15) is 9.59 Å². The maximum atomic E-state index is 11.6. The van der Waals surface area contributed by atoms with Gasteiger partial charge < -0.3 is 9.47 Å². The van der Waals surface area contributed by atoms with Gasteiger partial charge in [0.15, 0.2) is 0 Å². The van der Waals surface area contributed by atoms with E-state index in [1.807, 2.05) is 13.8 Å². The molecule has 196 valence electrons. The van der Waals surface area contributed by atoms with Crippen LogP contribution >= 0.6 is 45.2 Å². The Labute approximate surface area is 231 Å². The highest BCUT2D eigenvalue weighted by Crippen LogP contribution is 2.15. The van der Waals surface area contributed by atoms with E-state index in [0.717, 1.165) is 25.7 Å². The summed E-state index contributed by atoms with van der Waals surface area (Å²) < 4.78 is 10.6. The van der Waals surface area contributed by atoms with Crippen LogP contribution < -0.4 is 0 Å². The fourth-order valence-electron chi connectivity index (χ4n) is 3.72. The number of unbranched alkanes of at least 4 members (excludes halogenated alkanes) is 16. The number of alkyl halides is 2. The molecule has 0 fully saturated rings. The molecule has 0 aromatic carbocycles. The molecule has 0 saturated carbocycles. The van der Waals surface area contributed by atoms with Crippen LogP contribution in [0.5, 0.6) is 0 Å². The first-order valence-electron chi connectivity index (χ1n) is 13.6. The Morgan fingerprint density at radius 1 is 0.485 bits per heavy atom. The van der Waals surface area contributed by atoms with E-state index in [4.69, 9.17) is 9.47 Å². The summed E-state index contributed by atoms with van der Waals surface area (Å²) in [7, 11) is 0. The van der Waals surface area contributed by atoms with Crippen molar-refractivity contribution in [1.82, 2.24) is 0 Å². The molecule has 0 aliphatic heterocycles. The number of carbonyl (C=O) groups excluding carboxylic acids is 2. The van der Waals surface area contributed by atoms with Crippen LogP contribution in [0.15, 0.2) is 0 Å². The zero-order valence-electron chi connectivity index (χ0n) is 21.4. The predicted molar refractivity (Wildman–Crippen MR) is 157 cm³/mol. The van der Waals surface area contributed by atoms with E-state index in [2.05, 4.69) is 45.2 Å². The highest BCUT2D eigenvalue weighted by Gasteiger charge is 2.13. The topological polar surface area (TPSA) is 52.6 Å². The van der Waals surface area contributed by atoms with E-state index in [1.165, 1.54) is 96.3 Å². The van der Waals surface area contributed by atoms with Gasteiger partial charge in [-0.3, -0.25) is 9.59 Å². The summed E-state index contributed by atoms with van der Waals surface area (Å²) in [4.78, 5) is 23.1. The Balaban J connectivity index is 3.16. The Bertz CT molecular complexity index is 419. The molecule has 0 N–H and O–H groups in total. The number of esters is 2. The average Bonchev–Trinajstić information content (AvgIpc) is 2.83. The molecule has 33 heavy (non-hydrogen) atoms. The van der Waals surface area contributed by atoms with Gasteiger partial charge in [-0.15, -0.1) is 0 Å². The van der Waals surface area contributed by atoms with Gasteiger partial charge in [-0.25, -0.2) is 0 Å². The highest BCUT2D eigenvalue weighted by atomic mass is 127. The zero-order chi connectivity index (χ0) is 24.6. The molecule has 0 rings (SSSR count). The summed E-state index contributed by atoms with van der Waals surface area (Å²) in [5.41, 5.74) is 0. The molecule has 0 aliphatic carbocycles. The van der Waals surface area contributed by atoms with Gasteiger partial charge in [0.2, 0.25) is 0 Å².